The van der Waals surface area contributed by atoms with Crippen molar-refractivity contribution >= 4 is 0 Å². The summed E-state index contributed by atoms with van der Waals surface area (Å²) in [4.78, 5) is 0. The largest absolute Gasteiger partial charge is 0.396 e. The van der Waals surface area contributed by atoms with Crippen LogP contribution in [0.5, 0.6) is 0 Å². The highest BCUT2D eigenvalue weighted by Crippen LogP contribution is 2.13. The van der Waals surface area contributed by atoms with Crippen molar-refractivity contribution in [3.8, 4) is 0 Å². The molecule has 1 atom stereocenters. The molecule has 16 heavy (non-hydrogen) atoms. The summed E-state index contributed by atoms with van der Waals surface area (Å²) in [6.45, 7) is 6.87. The van der Waals surface area contributed by atoms with Crippen LogP contribution in [0.2, 0.25) is 0 Å². The topological polar surface area (TPSA) is 29.5 Å². The molecule has 0 aliphatic carbocycles. The summed E-state index contributed by atoms with van der Waals surface area (Å²) in [6, 6.07) is 10.2. The van der Waals surface area contributed by atoms with E-state index in [4.69, 9.17) is 4.74 Å². The van der Waals surface area contributed by atoms with Crippen molar-refractivity contribution in [3.63, 3.8) is 0 Å². The van der Waals surface area contributed by atoms with E-state index in [2.05, 4.69) is 12.1 Å². The van der Waals surface area contributed by atoms with Crippen LogP contribution in [-0.4, -0.2) is 23.9 Å². The third-order valence-corrected chi connectivity index (χ3v) is 2.38. The van der Waals surface area contributed by atoms with Crippen LogP contribution in [0.25, 0.3) is 0 Å². The molecule has 0 fully saturated rings. The maximum atomic E-state index is 9.30. The summed E-state index contributed by atoms with van der Waals surface area (Å²) in [6.07, 6.45) is 0.868. The first-order valence-corrected chi connectivity index (χ1v) is 5.80. The molecule has 0 radical (unpaired) electrons. The Bertz CT molecular complexity index is 287. The first-order chi connectivity index (χ1) is 7.51. The van der Waals surface area contributed by atoms with E-state index in [0.29, 0.717) is 6.61 Å². The summed E-state index contributed by atoms with van der Waals surface area (Å²) in [5, 5.41) is 9.30. The van der Waals surface area contributed by atoms with Crippen LogP contribution in [0.3, 0.4) is 0 Å². The van der Waals surface area contributed by atoms with Gasteiger partial charge in [0.15, 0.2) is 0 Å². The Morgan fingerprint density at radius 2 is 1.81 bits per heavy atom. The van der Waals surface area contributed by atoms with E-state index in [1.54, 1.807) is 0 Å². The Morgan fingerprint density at radius 1 is 1.19 bits per heavy atom. The van der Waals surface area contributed by atoms with Crippen LogP contribution in [0, 0.1) is 5.92 Å². The van der Waals surface area contributed by atoms with Crippen LogP contribution in [0.1, 0.15) is 26.3 Å². The van der Waals surface area contributed by atoms with Gasteiger partial charge in [-0.15, -0.1) is 0 Å². The Balaban J connectivity index is 2.44. The molecule has 0 saturated carbocycles. The highest BCUT2D eigenvalue weighted by molar-refractivity contribution is 5.15. The van der Waals surface area contributed by atoms with Gasteiger partial charge in [0.05, 0.1) is 12.2 Å². The van der Waals surface area contributed by atoms with Gasteiger partial charge < -0.3 is 9.84 Å². The molecule has 0 aliphatic rings. The quantitative estimate of drug-likeness (QED) is 0.830. The second-order valence-corrected chi connectivity index (χ2v) is 5.16. The van der Waals surface area contributed by atoms with Crippen molar-refractivity contribution < 1.29 is 9.84 Å². The Morgan fingerprint density at radius 3 is 2.31 bits per heavy atom. The third kappa shape index (κ3) is 5.29. The first kappa shape index (κ1) is 13.2. The molecule has 0 unspecified atom stereocenters. The van der Waals surface area contributed by atoms with Crippen LogP contribution >= 0.6 is 0 Å². The second-order valence-electron chi connectivity index (χ2n) is 5.16. The molecule has 0 spiro atoms. The minimum atomic E-state index is -0.135. The maximum Gasteiger partial charge on any atom is 0.0598 e. The Hall–Kier alpha value is -0.860. The van der Waals surface area contributed by atoms with Gasteiger partial charge >= 0.3 is 0 Å². The lowest BCUT2D eigenvalue weighted by molar-refractivity contribution is -0.0307. The maximum absolute atomic E-state index is 9.30. The van der Waals surface area contributed by atoms with E-state index in [1.165, 1.54) is 5.56 Å². The average Bonchev–Trinajstić information content (AvgIpc) is 2.24. The van der Waals surface area contributed by atoms with Gasteiger partial charge in [-0.3, -0.25) is 0 Å². The molecular formula is C14H22O2. The van der Waals surface area contributed by atoms with Crippen molar-refractivity contribution in [1.29, 1.82) is 0 Å². The fraction of sp³-hybridized carbons (Fsp3) is 0.571. The van der Waals surface area contributed by atoms with Crippen LogP contribution in [0.4, 0.5) is 0 Å². The summed E-state index contributed by atoms with van der Waals surface area (Å²) in [5.41, 5.74) is 1.11. The standard InChI is InChI=1S/C14H22O2/c1-14(2,3)16-11-13(10-15)9-12-7-5-4-6-8-12/h4-8,13,15H,9-11H2,1-3H3/t13-/m1/s1. The van der Waals surface area contributed by atoms with E-state index in [9.17, 15) is 5.11 Å². The highest BCUT2D eigenvalue weighted by Gasteiger charge is 2.15. The van der Waals surface area contributed by atoms with Gasteiger partial charge in [-0.1, -0.05) is 30.3 Å². The van der Waals surface area contributed by atoms with Gasteiger partial charge in [0.1, 0.15) is 0 Å². The molecule has 1 rings (SSSR count). The lowest BCUT2D eigenvalue weighted by atomic mass is 10.0. The van der Waals surface area contributed by atoms with Crippen molar-refractivity contribution in [1.82, 2.24) is 0 Å². The highest BCUT2D eigenvalue weighted by atomic mass is 16.5. The number of ether oxygens (including phenoxy) is 1. The number of hydrogen-bond acceptors (Lipinski definition) is 2. The van der Waals surface area contributed by atoms with Gasteiger partial charge in [0, 0.05) is 12.5 Å². The zero-order valence-electron chi connectivity index (χ0n) is 10.4. The minimum Gasteiger partial charge on any atom is -0.396 e. The average molecular weight is 222 g/mol. The molecule has 1 aromatic rings. The van der Waals surface area contributed by atoms with E-state index in [0.717, 1.165) is 6.42 Å². The summed E-state index contributed by atoms with van der Waals surface area (Å²) < 4.78 is 5.69. The smallest absolute Gasteiger partial charge is 0.0598 e. The van der Waals surface area contributed by atoms with Crippen molar-refractivity contribution in [2.75, 3.05) is 13.2 Å². The predicted molar refractivity (Wildman–Crippen MR) is 66.4 cm³/mol. The zero-order chi connectivity index (χ0) is 12.0. The first-order valence-electron chi connectivity index (χ1n) is 5.80. The number of hydrogen-bond donors (Lipinski definition) is 1. The van der Waals surface area contributed by atoms with Gasteiger partial charge in [-0.05, 0) is 32.8 Å². The molecule has 0 aromatic heterocycles. The molecule has 0 amide bonds. The normalized spacial score (nSPS) is 13.8. The Kier molecular flexibility index (Phi) is 4.97. The Labute approximate surface area is 98.3 Å². The third-order valence-electron chi connectivity index (χ3n) is 2.38. The lowest BCUT2D eigenvalue weighted by Crippen LogP contribution is -2.26. The molecule has 1 aromatic carbocycles. The number of benzene rings is 1. The fourth-order valence-corrected chi connectivity index (χ4v) is 1.49. The van der Waals surface area contributed by atoms with Gasteiger partial charge in [-0.2, -0.15) is 0 Å². The molecule has 0 aliphatic heterocycles. The fourth-order valence-electron chi connectivity index (χ4n) is 1.49. The minimum absolute atomic E-state index is 0.135. The lowest BCUT2D eigenvalue weighted by Gasteiger charge is -2.23. The van der Waals surface area contributed by atoms with Crippen molar-refractivity contribution in [2.24, 2.45) is 5.92 Å². The van der Waals surface area contributed by atoms with E-state index in [1.807, 2.05) is 39.0 Å². The van der Waals surface area contributed by atoms with E-state index < -0.39 is 0 Å². The van der Waals surface area contributed by atoms with Crippen LogP contribution < -0.4 is 0 Å². The molecule has 0 heterocycles. The van der Waals surface area contributed by atoms with Gasteiger partial charge in [-0.25, -0.2) is 0 Å². The predicted octanol–water partition coefficient (Wildman–Crippen LogP) is 2.65. The molecular weight excluding hydrogens is 200 g/mol. The van der Waals surface area contributed by atoms with Crippen molar-refractivity contribution in [2.45, 2.75) is 32.8 Å². The number of aliphatic hydroxyl groups excluding tert-OH is 1. The molecule has 1 N–H and O–H groups in total. The van der Waals surface area contributed by atoms with E-state index in [-0.39, 0.29) is 18.1 Å². The number of aliphatic hydroxyl groups is 1. The summed E-state index contributed by atoms with van der Waals surface area (Å²) in [5.74, 6) is 0.182. The molecule has 90 valence electrons. The second kappa shape index (κ2) is 6.02. The number of rotatable bonds is 5. The van der Waals surface area contributed by atoms with Gasteiger partial charge in [0.2, 0.25) is 0 Å². The SMILES string of the molecule is CC(C)(C)OC[C@@H](CO)Cc1ccccc1. The molecule has 2 nitrogen and oxygen atoms in total. The summed E-state index contributed by atoms with van der Waals surface area (Å²) in [7, 11) is 0. The molecule has 0 saturated heterocycles. The van der Waals surface area contributed by atoms with E-state index >= 15 is 0 Å². The monoisotopic (exact) mass is 222 g/mol. The van der Waals surface area contributed by atoms with Crippen molar-refractivity contribution in [3.05, 3.63) is 35.9 Å². The molecule has 0 bridgehead atoms. The molecule has 2 heteroatoms. The summed E-state index contributed by atoms with van der Waals surface area (Å²) >= 11 is 0. The van der Waals surface area contributed by atoms with Gasteiger partial charge in [0.25, 0.3) is 0 Å². The van der Waals surface area contributed by atoms with Crippen LogP contribution in [0.15, 0.2) is 30.3 Å². The van der Waals surface area contributed by atoms with Crippen LogP contribution in [-0.2, 0) is 11.2 Å². The zero-order valence-corrected chi connectivity index (χ0v) is 10.4.